The first kappa shape index (κ1) is 23.1. The van der Waals surface area contributed by atoms with Crippen molar-refractivity contribution in [1.82, 2.24) is 29.4 Å². The van der Waals surface area contributed by atoms with E-state index in [9.17, 15) is 0 Å². The Kier molecular flexibility index (Phi) is 6.43. The van der Waals surface area contributed by atoms with Gasteiger partial charge in [-0.05, 0) is 57.2 Å². The molecule has 0 aliphatic carbocycles. The van der Waals surface area contributed by atoms with Crippen LogP contribution in [0.1, 0.15) is 12.8 Å². The first-order valence-corrected chi connectivity index (χ1v) is 13.3. The Bertz CT molecular complexity index is 1290. The lowest BCUT2D eigenvalue weighted by atomic mass is 10.0. The van der Waals surface area contributed by atoms with Crippen molar-refractivity contribution in [2.24, 2.45) is 0 Å². The van der Waals surface area contributed by atoms with E-state index in [0.29, 0.717) is 17.8 Å². The monoisotopic (exact) mass is 505 g/mol. The Morgan fingerprint density at radius 2 is 1.81 bits per heavy atom. The third-order valence-corrected chi connectivity index (χ3v) is 7.68. The highest BCUT2D eigenvalue weighted by Crippen LogP contribution is 2.29. The molecule has 1 aromatic carbocycles. The van der Waals surface area contributed by atoms with Gasteiger partial charge in [0.2, 0.25) is 5.95 Å². The van der Waals surface area contributed by atoms with Crippen molar-refractivity contribution in [3.05, 3.63) is 41.5 Å². The number of ether oxygens (including phenoxy) is 1. The number of imidazole rings is 1. The average molecular weight is 506 g/mol. The fraction of sp³-hybridized carbons (Fsp3) is 0.440. The highest BCUT2D eigenvalue weighted by Gasteiger charge is 2.25. The Morgan fingerprint density at radius 1 is 1.03 bits per heavy atom. The predicted octanol–water partition coefficient (Wildman–Crippen LogP) is 3.38. The van der Waals surface area contributed by atoms with Crippen molar-refractivity contribution >= 4 is 45.6 Å². The lowest BCUT2D eigenvalue weighted by Crippen LogP contribution is -2.42. The first-order valence-electron chi connectivity index (χ1n) is 12.4. The zero-order valence-electron chi connectivity index (χ0n) is 20.7. The molecule has 6 rings (SSSR count). The zero-order valence-corrected chi connectivity index (χ0v) is 21.5. The second kappa shape index (κ2) is 10.00. The molecule has 36 heavy (non-hydrogen) atoms. The average Bonchev–Trinajstić information content (AvgIpc) is 3.60. The van der Waals surface area contributed by atoms with Gasteiger partial charge in [0.05, 0.1) is 18.7 Å². The van der Waals surface area contributed by atoms with Crippen molar-refractivity contribution < 1.29 is 4.74 Å². The van der Waals surface area contributed by atoms with Crippen LogP contribution in [0.2, 0.25) is 0 Å². The van der Waals surface area contributed by atoms with Crippen LogP contribution in [-0.4, -0.2) is 88.9 Å². The number of benzene rings is 1. The topological polar surface area (TPSA) is 87.5 Å². The van der Waals surface area contributed by atoms with Gasteiger partial charge in [-0.1, -0.05) is 0 Å². The summed E-state index contributed by atoms with van der Waals surface area (Å²) in [5.41, 5.74) is 5.46. The molecule has 0 amide bonds. The zero-order chi connectivity index (χ0) is 24.5. The molecule has 0 bridgehead atoms. The number of hydrogen-bond acceptors (Lipinski definition) is 10. The summed E-state index contributed by atoms with van der Waals surface area (Å²) < 4.78 is 7.42. The number of fused-ring (bicyclic) bond motifs is 1. The van der Waals surface area contributed by atoms with Gasteiger partial charge in [0.25, 0.3) is 0 Å². The number of thiazole rings is 1. The highest BCUT2D eigenvalue weighted by atomic mass is 32.1. The molecule has 2 aliphatic rings. The van der Waals surface area contributed by atoms with Gasteiger partial charge in [-0.25, -0.2) is 9.97 Å². The van der Waals surface area contributed by atoms with Crippen LogP contribution < -0.4 is 15.1 Å². The molecule has 10 nitrogen and oxygen atoms in total. The maximum atomic E-state index is 5.49. The molecule has 2 aliphatic heterocycles. The number of aromatic nitrogens is 5. The molecule has 0 spiro atoms. The Hall–Kier alpha value is -3.28. The van der Waals surface area contributed by atoms with Crippen LogP contribution in [0.5, 0.6) is 0 Å². The minimum atomic E-state index is 0.398. The normalized spacial score (nSPS) is 17.6. The summed E-state index contributed by atoms with van der Waals surface area (Å²) in [5, 5.41) is 5.52. The summed E-state index contributed by atoms with van der Waals surface area (Å²) in [5.74, 6) is 2.21. The molecule has 3 aromatic heterocycles. The summed E-state index contributed by atoms with van der Waals surface area (Å²) in [4.78, 5) is 26.0. The van der Waals surface area contributed by atoms with E-state index in [2.05, 4.69) is 68.3 Å². The van der Waals surface area contributed by atoms with Gasteiger partial charge < -0.3 is 24.8 Å². The lowest BCUT2D eigenvalue weighted by Gasteiger charge is -2.35. The Morgan fingerprint density at radius 3 is 2.53 bits per heavy atom. The van der Waals surface area contributed by atoms with Crippen LogP contribution in [0.4, 0.5) is 23.1 Å². The van der Waals surface area contributed by atoms with E-state index in [0.717, 1.165) is 74.9 Å². The number of likely N-dealkylation sites (tertiary alicyclic amines) is 1. The number of morpholine rings is 1. The van der Waals surface area contributed by atoms with Gasteiger partial charge in [-0.3, -0.25) is 4.57 Å². The second-order valence-electron chi connectivity index (χ2n) is 9.42. The standard InChI is InChI=1S/C25H31N9OS/c1-31-9-7-19(8-10-31)32(2)25-29-23(22-24(30-25)34(16-26-22)21-15-36-17-27-21)28-18-3-5-20(6-4-18)33-11-13-35-14-12-33/h3-6,15-17,19H,7-14H2,1-2H3,(H,28,29,30). The molecule has 4 aromatic rings. The SMILES string of the molecule is CN1CCC(N(C)c2nc(Nc3ccc(N4CCOCC4)cc3)c3ncn(-c4cscn4)c3n2)CC1. The third-order valence-electron chi connectivity index (χ3n) is 7.11. The minimum Gasteiger partial charge on any atom is -0.378 e. The van der Waals surface area contributed by atoms with Gasteiger partial charge in [-0.2, -0.15) is 9.97 Å². The summed E-state index contributed by atoms with van der Waals surface area (Å²) in [7, 11) is 4.28. The number of rotatable bonds is 6. The first-order chi connectivity index (χ1) is 17.7. The fourth-order valence-electron chi connectivity index (χ4n) is 4.89. The molecule has 11 heteroatoms. The Labute approximate surface area is 214 Å². The van der Waals surface area contributed by atoms with E-state index < -0.39 is 0 Å². The molecule has 2 saturated heterocycles. The van der Waals surface area contributed by atoms with E-state index in [4.69, 9.17) is 14.7 Å². The third kappa shape index (κ3) is 4.61. The molecule has 1 N–H and O–H groups in total. The molecule has 0 unspecified atom stereocenters. The molecule has 5 heterocycles. The Balaban J connectivity index is 1.34. The van der Waals surface area contributed by atoms with Crippen LogP contribution >= 0.6 is 11.3 Å². The van der Waals surface area contributed by atoms with Crippen molar-refractivity contribution in [3.8, 4) is 5.82 Å². The number of nitrogens with one attached hydrogen (secondary N) is 1. The maximum absolute atomic E-state index is 5.49. The van der Waals surface area contributed by atoms with Gasteiger partial charge in [0.15, 0.2) is 22.8 Å². The number of hydrogen-bond donors (Lipinski definition) is 1. The summed E-state index contributed by atoms with van der Waals surface area (Å²) >= 11 is 1.55. The molecule has 188 valence electrons. The molecule has 0 atom stereocenters. The summed E-state index contributed by atoms with van der Waals surface area (Å²) in [6, 6.07) is 8.87. The van der Waals surface area contributed by atoms with Gasteiger partial charge in [-0.15, -0.1) is 11.3 Å². The molecule has 2 fully saturated rings. The lowest BCUT2D eigenvalue weighted by molar-refractivity contribution is 0.122. The maximum Gasteiger partial charge on any atom is 0.229 e. The largest absolute Gasteiger partial charge is 0.378 e. The van der Waals surface area contributed by atoms with Crippen LogP contribution in [0.3, 0.4) is 0 Å². The van der Waals surface area contributed by atoms with E-state index in [1.54, 1.807) is 17.7 Å². The summed E-state index contributed by atoms with van der Waals surface area (Å²) in [6.07, 6.45) is 3.96. The van der Waals surface area contributed by atoms with Gasteiger partial charge in [0, 0.05) is 42.9 Å². The molecule has 0 saturated carbocycles. The molecular formula is C25H31N9OS. The quantitative estimate of drug-likeness (QED) is 0.424. The van der Waals surface area contributed by atoms with Crippen LogP contribution in [0.15, 0.2) is 41.5 Å². The van der Waals surface area contributed by atoms with Gasteiger partial charge in [0.1, 0.15) is 6.33 Å². The van der Waals surface area contributed by atoms with Crippen molar-refractivity contribution in [2.45, 2.75) is 18.9 Å². The van der Waals surface area contributed by atoms with E-state index in [1.165, 1.54) is 5.69 Å². The van der Waals surface area contributed by atoms with Crippen LogP contribution in [0.25, 0.3) is 17.0 Å². The van der Waals surface area contributed by atoms with E-state index in [-0.39, 0.29) is 0 Å². The van der Waals surface area contributed by atoms with E-state index in [1.807, 2.05) is 15.5 Å². The second-order valence-corrected chi connectivity index (χ2v) is 10.1. The number of anilines is 4. The highest BCUT2D eigenvalue weighted by molar-refractivity contribution is 7.07. The van der Waals surface area contributed by atoms with Crippen LogP contribution in [-0.2, 0) is 4.74 Å². The smallest absolute Gasteiger partial charge is 0.229 e. The molecule has 0 radical (unpaired) electrons. The van der Waals surface area contributed by atoms with E-state index >= 15 is 0 Å². The van der Waals surface area contributed by atoms with Crippen molar-refractivity contribution in [1.29, 1.82) is 0 Å². The molecular weight excluding hydrogens is 474 g/mol. The van der Waals surface area contributed by atoms with Crippen molar-refractivity contribution in [3.63, 3.8) is 0 Å². The van der Waals surface area contributed by atoms with Crippen molar-refractivity contribution in [2.75, 3.05) is 68.6 Å². The summed E-state index contributed by atoms with van der Waals surface area (Å²) in [6.45, 7) is 5.53. The number of piperidine rings is 1. The number of nitrogens with zero attached hydrogens (tertiary/aromatic N) is 8. The van der Waals surface area contributed by atoms with Gasteiger partial charge >= 0.3 is 0 Å². The predicted molar refractivity (Wildman–Crippen MR) is 144 cm³/mol. The fourth-order valence-corrected chi connectivity index (χ4v) is 5.41. The minimum absolute atomic E-state index is 0.398. The van der Waals surface area contributed by atoms with Crippen LogP contribution in [0, 0.1) is 0 Å².